The molecule has 0 bridgehead atoms. The van der Waals surface area contributed by atoms with E-state index in [1.807, 2.05) is 95.7 Å². The van der Waals surface area contributed by atoms with Gasteiger partial charge in [-0.05, 0) is 134 Å². The molecule has 0 N–H and O–H groups in total. The van der Waals surface area contributed by atoms with E-state index in [2.05, 4.69) is 116 Å². The summed E-state index contributed by atoms with van der Waals surface area (Å²) in [5.74, 6) is 1.28. The standard InChI is InChI=1S/C84H70N4OSi.Pt/c1-82(2,3)58-45-46-85-79(52-58)88-76-42-24-23-41-71(76)72-44-43-62(54-77(72)88)89-61-29-26-28-60(53-61)86-55-87-80-74(50-59(83(4,5)6)51-75(80)84(7,8)9)70-40-22-20-38-68(70)67-37-19-21-39-69(67)73-48-57(49-78(86)81(73)87)56-27-25-36-66(47-56)90(63-30-13-10-14-31-63,64-32-15-11-16-33-64)65-34-17-12-18-35-65;/h10-52H,1-9H3;/q-2;/i10D,11D,12D,13D,14D,15D,16D,17D,18D,25D,27D,30D,31D,32D,33D,34D,35D,36D,47D;. The molecule has 0 saturated carbocycles. The molecular weight excluding hydrogens is 1300 g/mol. The number of ether oxygens (including phenoxy) is 1. The van der Waals surface area contributed by atoms with Crippen LogP contribution in [-0.4, -0.2) is 22.2 Å². The Labute approximate surface area is 576 Å². The molecule has 7 heteroatoms. The second-order valence-corrected chi connectivity index (χ2v) is 29.3. The third kappa shape index (κ3) is 10.2. The van der Waals surface area contributed by atoms with Gasteiger partial charge in [-0.15, -0.1) is 29.7 Å². The second-order valence-electron chi connectivity index (χ2n) is 25.8. The van der Waals surface area contributed by atoms with Crippen LogP contribution in [0.4, 0.5) is 0 Å². The van der Waals surface area contributed by atoms with Crippen LogP contribution in [0, 0.1) is 18.5 Å². The van der Waals surface area contributed by atoms with Gasteiger partial charge in [0.05, 0.1) is 42.8 Å². The van der Waals surface area contributed by atoms with Gasteiger partial charge < -0.3 is 13.9 Å². The zero-order valence-corrected chi connectivity index (χ0v) is 54.6. The van der Waals surface area contributed by atoms with E-state index < -0.39 is 155 Å². The second kappa shape index (κ2) is 22.8. The average Bonchev–Trinajstić information content (AvgIpc) is 0.737. The molecule has 15 rings (SSSR count). The Morgan fingerprint density at radius 2 is 1.05 bits per heavy atom. The van der Waals surface area contributed by atoms with Crippen LogP contribution < -0.4 is 30.1 Å². The van der Waals surface area contributed by atoms with Crippen LogP contribution in [0.25, 0.3) is 94.5 Å². The molecule has 4 heterocycles. The van der Waals surface area contributed by atoms with E-state index in [0.29, 0.717) is 44.9 Å². The first-order chi connectivity index (χ1) is 51.4. The number of hydrogen-bond acceptors (Lipinski definition) is 2. The van der Waals surface area contributed by atoms with Gasteiger partial charge in [0, 0.05) is 44.3 Å². The predicted molar refractivity (Wildman–Crippen MR) is 375 cm³/mol. The van der Waals surface area contributed by atoms with Gasteiger partial charge in [0.1, 0.15) is 5.82 Å². The molecule has 1 aliphatic rings. The molecule has 0 fully saturated rings. The minimum absolute atomic E-state index is 0. The molecule has 14 aromatic rings. The van der Waals surface area contributed by atoms with Crippen LogP contribution >= 0.6 is 0 Å². The summed E-state index contributed by atoms with van der Waals surface area (Å²) in [6.45, 7) is 19.4. The SMILES string of the molecule is [2H]c1c([2H])c([2H])c([Si](c2c([2H])c([2H])c([2H])c([2H])c2[2H])(c2c([2H])c([2H])c([2H])c([2H])c2[2H])c2c([2H])c([2H])c([2H])c(-c3cc4c5c(c3)n(-c3[c-]c(Oc6[c-]c7c(cc6)c6ccccc6n7-c6cc(C(C)(C)C)ccn6)ccc3)[c-][n+]5-c3c(cc(C(C)(C)C)cc3C(C)(C)C)-c3ccccc3-c3ccccc3-4)c2[2H])c([2H])c1[2H].[Pt]. The van der Waals surface area contributed by atoms with Crippen molar-refractivity contribution in [2.75, 3.05) is 0 Å². The topological polar surface area (TPSA) is 35.9 Å². The molecule has 5 nitrogen and oxygen atoms in total. The molecule has 0 atom stereocenters. The number of hydrogen-bond donors (Lipinski definition) is 0. The fourth-order valence-electron chi connectivity index (χ4n) is 12.6. The smallest absolute Gasteiger partial charge is 0.268 e. The Kier molecular flexibility index (Phi) is 10.3. The van der Waals surface area contributed by atoms with Crippen molar-refractivity contribution in [3.05, 3.63) is 296 Å². The van der Waals surface area contributed by atoms with Crippen molar-refractivity contribution in [1.82, 2.24) is 14.1 Å². The van der Waals surface area contributed by atoms with Crippen molar-refractivity contribution in [2.45, 2.75) is 78.6 Å². The van der Waals surface area contributed by atoms with Crippen molar-refractivity contribution >= 4 is 61.7 Å². The Bertz CT molecular complexity index is 6060. The normalized spacial score (nSPS) is 15.3. The molecule has 448 valence electrons. The molecular formula is C84H70N4OPtSi-2. The van der Waals surface area contributed by atoms with Crippen LogP contribution in [-0.2, 0) is 37.3 Å². The molecule has 0 saturated heterocycles. The predicted octanol–water partition coefficient (Wildman–Crippen LogP) is 17.8. The molecule has 0 amide bonds. The van der Waals surface area contributed by atoms with Gasteiger partial charge in [-0.1, -0.05) is 268 Å². The Hall–Kier alpha value is -9.45. The minimum atomic E-state index is -6.26. The zero-order chi connectivity index (χ0) is 78.2. The summed E-state index contributed by atoms with van der Waals surface area (Å²) < 4.78 is 196. The number of benzene rings is 11. The van der Waals surface area contributed by atoms with Gasteiger partial charge in [-0.2, -0.15) is 18.2 Å². The third-order valence-electron chi connectivity index (χ3n) is 17.0. The number of para-hydroxylation sites is 1. The Balaban J connectivity index is 0.0000101. The summed E-state index contributed by atoms with van der Waals surface area (Å²) in [5.41, 5.74) is 9.40. The van der Waals surface area contributed by atoms with Gasteiger partial charge >= 0.3 is 0 Å². The van der Waals surface area contributed by atoms with Gasteiger partial charge in [0.25, 0.3) is 6.33 Å². The molecule has 91 heavy (non-hydrogen) atoms. The molecule has 0 spiro atoms. The van der Waals surface area contributed by atoms with Gasteiger partial charge in [-0.3, -0.25) is 4.57 Å². The number of nitrogens with zero attached hydrogens (tertiary/aromatic N) is 4. The van der Waals surface area contributed by atoms with Crippen molar-refractivity contribution in [3.63, 3.8) is 0 Å². The quantitative estimate of drug-likeness (QED) is 0.0625. The van der Waals surface area contributed by atoms with Crippen molar-refractivity contribution < 1.29 is 56.4 Å². The summed E-state index contributed by atoms with van der Waals surface area (Å²) in [4.78, 5) is 4.88. The maximum Gasteiger partial charge on any atom is 0.268 e. The third-order valence-corrected chi connectivity index (χ3v) is 21.0. The molecule has 0 radical (unpaired) electrons. The van der Waals surface area contributed by atoms with E-state index in [1.54, 1.807) is 28.8 Å². The van der Waals surface area contributed by atoms with Crippen molar-refractivity contribution in [1.29, 1.82) is 0 Å². The number of pyridine rings is 1. The number of imidazole rings is 1. The first-order valence-corrected chi connectivity index (χ1v) is 31.8. The zero-order valence-electron chi connectivity index (χ0n) is 70.4. The van der Waals surface area contributed by atoms with Crippen LogP contribution in [0.3, 0.4) is 0 Å². The fraction of sp³-hybridized carbons (Fsp3) is 0.143. The molecule has 11 aromatic carbocycles. The van der Waals surface area contributed by atoms with Crippen molar-refractivity contribution in [3.8, 4) is 73.2 Å². The molecule has 3 aromatic heterocycles. The Morgan fingerprint density at radius 3 is 1.68 bits per heavy atom. The van der Waals surface area contributed by atoms with Gasteiger partial charge in [0.15, 0.2) is 8.07 Å². The fourth-order valence-corrected chi connectivity index (χ4v) is 16.1. The van der Waals surface area contributed by atoms with E-state index in [-0.39, 0.29) is 43.2 Å². The van der Waals surface area contributed by atoms with Crippen LogP contribution in [0.1, 0.15) is 105 Å². The van der Waals surface area contributed by atoms with E-state index in [4.69, 9.17) is 13.8 Å². The van der Waals surface area contributed by atoms with Gasteiger partial charge in [0.2, 0.25) is 0 Å². The monoisotopic (exact) mass is 1390 g/mol. The maximum absolute atomic E-state index is 11.0. The van der Waals surface area contributed by atoms with E-state index in [1.165, 1.54) is 0 Å². The summed E-state index contributed by atoms with van der Waals surface area (Å²) in [6.07, 6.45) is 5.62. The average molecular weight is 1390 g/mol. The number of aromatic nitrogens is 4. The first-order valence-electron chi connectivity index (χ1n) is 39.3. The number of fused-ring (bicyclic) bond motifs is 10. The van der Waals surface area contributed by atoms with Crippen LogP contribution in [0.2, 0.25) is 0 Å². The number of rotatable bonds is 9. The summed E-state index contributed by atoms with van der Waals surface area (Å²) >= 11 is 0. The van der Waals surface area contributed by atoms with E-state index in [9.17, 15) is 21.9 Å². The van der Waals surface area contributed by atoms with Crippen LogP contribution in [0.5, 0.6) is 11.5 Å². The summed E-state index contributed by atoms with van der Waals surface area (Å²) in [7, 11) is -6.26. The van der Waals surface area contributed by atoms with Crippen LogP contribution in [0.15, 0.2) is 261 Å². The molecule has 0 unspecified atom stereocenters. The molecule has 1 aliphatic heterocycles. The largest absolute Gasteiger partial charge is 0.510 e. The molecule has 0 aliphatic carbocycles. The first kappa shape index (κ1) is 41.0. The van der Waals surface area contributed by atoms with E-state index in [0.717, 1.165) is 60.9 Å². The maximum atomic E-state index is 11.0. The Morgan fingerprint density at radius 1 is 0.473 bits per heavy atom. The van der Waals surface area contributed by atoms with Gasteiger partial charge in [-0.25, -0.2) is 4.98 Å². The summed E-state index contributed by atoms with van der Waals surface area (Å²) in [5, 5.41) is -1.84. The van der Waals surface area contributed by atoms with E-state index >= 15 is 0 Å². The van der Waals surface area contributed by atoms with Crippen molar-refractivity contribution in [2.24, 2.45) is 0 Å². The minimum Gasteiger partial charge on any atom is -0.510 e. The summed E-state index contributed by atoms with van der Waals surface area (Å²) in [6, 6.07) is 32.4.